The van der Waals surface area contributed by atoms with Crippen LogP contribution in [0.3, 0.4) is 0 Å². The first-order chi connectivity index (χ1) is 16.6. The van der Waals surface area contributed by atoms with Crippen molar-refractivity contribution >= 4 is 39.9 Å². The molecule has 34 heavy (non-hydrogen) atoms. The van der Waals surface area contributed by atoms with E-state index in [0.29, 0.717) is 50.9 Å². The van der Waals surface area contributed by atoms with Crippen LogP contribution in [0.2, 0.25) is 5.02 Å². The van der Waals surface area contributed by atoms with Gasteiger partial charge in [-0.1, -0.05) is 48.0 Å². The number of aromatic amines is 2. The van der Waals surface area contributed by atoms with E-state index >= 15 is 0 Å². The largest absolute Gasteiger partial charge is 0.380 e. The van der Waals surface area contributed by atoms with Crippen LogP contribution in [0.5, 0.6) is 0 Å². The number of halogens is 1. The standard InChI is InChI=1S/C26H20ClN5O2/c27-18-9-4-6-16(14-18)15-29-19-12-13-28-26(34)22(19)24-30-20-10-5-11-21(23(20)32-24)31-25(33)17-7-2-1-3-8-17/h1-14H,15H2,(H,30,32)(H,31,33)(H2,28,29,34). The third kappa shape index (κ3) is 4.42. The summed E-state index contributed by atoms with van der Waals surface area (Å²) >= 11 is 6.09. The molecule has 0 atom stereocenters. The fourth-order valence-corrected chi connectivity index (χ4v) is 3.95. The molecule has 8 heteroatoms. The number of hydrogen-bond donors (Lipinski definition) is 4. The molecule has 0 radical (unpaired) electrons. The van der Waals surface area contributed by atoms with Gasteiger partial charge in [-0.2, -0.15) is 0 Å². The summed E-state index contributed by atoms with van der Waals surface area (Å²) in [5, 5.41) is 6.86. The van der Waals surface area contributed by atoms with E-state index in [1.54, 1.807) is 30.5 Å². The number of rotatable bonds is 6. The van der Waals surface area contributed by atoms with Crippen LogP contribution in [-0.2, 0) is 6.54 Å². The highest BCUT2D eigenvalue weighted by Crippen LogP contribution is 2.28. The summed E-state index contributed by atoms with van der Waals surface area (Å²) in [6.07, 6.45) is 1.58. The number of anilines is 2. The molecule has 168 valence electrons. The van der Waals surface area contributed by atoms with Crippen molar-refractivity contribution in [3.8, 4) is 11.4 Å². The van der Waals surface area contributed by atoms with Crippen molar-refractivity contribution in [2.45, 2.75) is 6.54 Å². The summed E-state index contributed by atoms with van der Waals surface area (Å²) in [6, 6.07) is 23.7. The minimum absolute atomic E-state index is 0.237. The van der Waals surface area contributed by atoms with Crippen LogP contribution >= 0.6 is 11.6 Å². The molecule has 3 aromatic carbocycles. The molecule has 0 bridgehead atoms. The van der Waals surface area contributed by atoms with Gasteiger partial charge < -0.3 is 20.6 Å². The maximum Gasteiger partial charge on any atom is 0.261 e. The number of nitrogens with one attached hydrogen (secondary N) is 4. The highest BCUT2D eigenvalue weighted by molar-refractivity contribution is 6.30. The van der Waals surface area contributed by atoms with Crippen molar-refractivity contribution in [2.75, 3.05) is 10.6 Å². The lowest BCUT2D eigenvalue weighted by Gasteiger charge is -2.10. The molecule has 7 nitrogen and oxygen atoms in total. The average molecular weight is 470 g/mol. The number of fused-ring (bicyclic) bond motifs is 1. The van der Waals surface area contributed by atoms with Crippen molar-refractivity contribution in [1.29, 1.82) is 0 Å². The average Bonchev–Trinajstić information content (AvgIpc) is 3.28. The van der Waals surface area contributed by atoms with Gasteiger partial charge in [0.15, 0.2) is 0 Å². The van der Waals surface area contributed by atoms with E-state index in [2.05, 4.69) is 25.6 Å². The smallest absolute Gasteiger partial charge is 0.261 e. The second kappa shape index (κ2) is 9.25. The Hall–Kier alpha value is -4.36. The van der Waals surface area contributed by atoms with Crippen LogP contribution in [-0.4, -0.2) is 20.9 Å². The number of aromatic nitrogens is 3. The second-order valence-corrected chi connectivity index (χ2v) is 8.12. The zero-order chi connectivity index (χ0) is 23.5. The molecule has 2 heterocycles. The molecule has 5 aromatic rings. The summed E-state index contributed by atoms with van der Waals surface area (Å²) in [6.45, 7) is 0.482. The number of carbonyl (C=O) groups is 1. The zero-order valence-corrected chi connectivity index (χ0v) is 18.7. The predicted molar refractivity (Wildman–Crippen MR) is 135 cm³/mol. The normalized spacial score (nSPS) is 10.9. The molecule has 0 fully saturated rings. The molecule has 2 aromatic heterocycles. The van der Waals surface area contributed by atoms with Crippen LogP contribution in [0.25, 0.3) is 22.4 Å². The maximum atomic E-state index is 12.8. The fourth-order valence-electron chi connectivity index (χ4n) is 3.74. The van der Waals surface area contributed by atoms with Crippen molar-refractivity contribution in [1.82, 2.24) is 15.0 Å². The topological polar surface area (TPSA) is 103 Å². The zero-order valence-electron chi connectivity index (χ0n) is 17.9. The van der Waals surface area contributed by atoms with Gasteiger partial charge in [-0.15, -0.1) is 0 Å². The van der Waals surface area contributed by atoms with E-state index in [-0.39, 0.29) is 11.5 Å². The lowest BCUT2D eigenvalue weighted by atomic mass is 10.2. The molecule has 0 aliphatic rings. The first-order valence-corrected chi connectivity index (χ1v) is 11.0. The summed E-state index contributed by atoms with van der Waals surface area (Å²) in [5.74, 6) is 0.158. The number of amides is 1. The highest BCUT2D eigenvalue weighted by Gasteiger charge is 2.17. The second-order valence-electron chi connectivity index (χ2n) is 7.69. The summed E-state index contributed by atoms with van der Waals surface area (Å²) in [5.41, 5.74) is 4.05. The van der Waals surface area contributed by atoms with Gasteiger partial charge in [0.05, 0.1) is 16.9 Å². The third-order valence-corrected chi connectivity index (χ3v) is 5.60. The first-order valence-electron chi connectivity index (χ1n) is 10.6. The van der Waals surface area contributed by atoms with Crippen LogP contribution in [0, 0.1) is 0 Å². The highest BCUT2D eigenvalue weighted by atomic mass is 35.5. The Morgan fingerprint density at radius 3 is 2.59 bits per heavy atom. The van der Waals surface area contributed by atoms with Gasteiger partial charge in [0.1, 0.15) is 16.9 Å². The van der Waals surface area contributed by atoms with E-state index < -0.39 is 0 Å². The predicted octanol–water partition coefficient (Wildman–Crippen LogP) is 5.44. The van der Waals surface area contributed by atoms with Crippen molar-refractivity contribution in [3.63, 3.8) is 0 Å². The molecule has 0 spiro atoms. The number of H-pyrrole nitrogens is 2. The number of hydrogen-bond acceptors (Lipinski definition) is 4. The number of pyridine rings is 1. The van der Waals surface area contributed by atoms with Crippen LogP contribution in [0.15, 0.2) is 89.9 Å². The number of carbonyl (C=O) groups excluding carboxylic acids is 1. The van der Waals surface area contributed by atoms with E-state index in [1.165, 1.54) is 0 Å². The SMILES string of the molecule is O=C(Nc1cccc2[nH]c(-c3c(NCc4cccc(Cl)c4)cc[nH]c3=O)nc12)c1ccccc1. The Bertz CT molecular complexity index is 1540. The van der Waals surface area contributed by atoms with Gasteiger partial charge in [0.2, 0.25) is 0 Å². The Labute approximate surface area is 199 Å². The molecule has 0 saturated carbocycles. The molecule has 4 N–H and O–H groups in total. The monoisotopic (exact) mass is 469 g/mol. The maximum absolute atomic E-state index is 12.8. The molecular formula is C26H20ClN5O2. The summed E-state index contributed by atoms with van der Waals surface area (Å²) in [4.78, 5) is 36.0. The van der Waals surface area contributed by atoms with Crippen molar-refractivity contribution in [2.24, 2.45) is 0 Å². The third-order valence-electron chi connectivity index (χ3n) is 5.37. The van der Waals surface area contributed by atoms with Gasteiger partial charge >= 0.3 is 0 Å². The number of benzene rings is 3. The Morgan fingerprint density at radius 1 is 0.941 bits per heavy atom. The molecule has 0 saturated heterocycles. The lowest BCUT2D eigenvalue weighted by Crippen LogP contribution is -2.13. The van der Waals surface area contributed by atoms with Gasteiger partial charge in [0, 0.05) is 23.3 Å². The van der Waals surface area contributed by atoms with Gasteiger partial charge in [-0.3, -0.25) is 9.59 Å². The number of imidazole rings is 1. The van der Waals surface area contributed by atoms with Crippen molar-refractivity contribution in [3.05, 3.63) is 112 Å². The summed E-state index contributed by atoms with van der Waals surface area (Å²) in [7, 11) is 0. The Kier molecular flexibility index (Phi) is 5.84. The molecule has 0 unspecified atom stereocenters. The minimum atomic E-state index is -0.287. The fraction of sp³-hybridized carbons (Fsp3) is 0.0385. The number of para-hydroxylation sites is 1. The van der Waals surface area contributed by atoms with Gasteiger partial charge in [0.25, 0.3) is 11.5 Å². The quantitative estimate of drug-likeness (QED) is 0.266. The minimum Gasteiger partial charge on any atom is -0.380 e. The van der Waals surface area contributed by atoms with E-state index in [0.717, 1.165) is 5.56 Å². The van der Waals surface area contributed by atoms with Crippen LogP contribution in [0.4, 0.5) is 11.4 Å². The van der Waals surface area contributed by atoms with E-state index in [1.807, 2.05) is 54.6 Å². The van der Waals surface area contributed by atoms with Gasteiger partial charge in [-0.05, 0) is 48.0 Å². The first kappa shape index (κ1) is 21.5. The van der Waals surface area contributed by atoms with Crippen LogP contribution in [0.1, 0.15) is 15.9 Å². The van der Waals surface area contributed by atoms with E-state index in [9.17, 15) is 9.59 Å². The van der Waals surface area contributed by atoms with Gasteiger partial charge in [-0.25, -0.2) is 4.98 Å². The molecular weight excluding hydrogens is 450 g/mol. The van der Waals surface area contributed by atoms with Crippen LogP contribution < -0.4 is 16.2 Å². The molecule has 5 rings (SSSR count). The lowest BCUT2D eigenvalue weighted by molar-refractivity contribution is 0.102. The summed E-state index contributed by atoms with van der Waals surface area (Å²) < 4.78 is 0. The Balaban J connectivity index is 1.48. The number of nitrogens with zero attached hydrogens (tertiary/aromatic N) is 1. The van der Waals surface area contributed by atoms with E-state index in [4.69, 9.17) is 11.6 Å². The Morgan fingerprint density at radius 2 is 1.76 bits per heavy atom. The van der Waals surface area contributed by atoms with Crippen molar-refractivity contribution < 1.29 is 4.79 Å². The molecule has 0 aliphatic heterocycles. The molecule has 1 amide bonds. The molecule has 0 aliphatic carbocycles.